The number of amides is 1. The maximum Gasteiger partial charge on any atom is 0.254 e. The molecule has 1 aromatic carbocycles. The highest BCUT2D eigenvalue weighted by atomic mass is 16.2. The highest BCUT2D eigenvalue weighted by Crippen LogP contribution is 2.25. The van der Waals surface area contributed by atoms with Crippen LogP contribution in [-0.2, 0) is 7.05 Å². The number of hydrogen-bond acceptors (Lipinski definition) is 3. The largest absolute Gasteiger partial charge is 0.335 e. The van der Waals surface area contributed by atoms with Crippen LogP contribution >= 0.6 is 0 Å². The van der Waals surface area contributed by atoms with Crippen LogP contribution in [0.15, 0.2) is 59.7 Å². The molecule has 25 heavy (non-hydrogen) atoms. The molecule has 128 valence electrons. The summed E-state index contributed by atoms with van der Waals surface area (Å²) < 4.78 is 1.56. The van der Waals surface area contributed by atoms with Gasteiger partial charge in [-0.25, -0.2) is 0 Å². The second-order valence-corrected chi connectivity index (χ2v) is 6.10. The van der Waals surface area contributed by atoms with Crippen LogP contribution in [0, 0.1) is 0 Å². The van der Waals surface area contributed by atoms with Gasteiger partial charge in [-0.3, -0.25) is 14.6 Å². The SMILES string of the molecule is CC[C@H](c1cccnc1)N(C)C(=O)c1cc(=O)n(C)c2ccccc12. The fourth-order valence-electron chi connectivity index (χ4n) is 3.23. The number of hydrogen-bond donors (Lipinski definition) is 0. The van der Waals surface area contributed by atoms with Gasteiger partial charge in [0.05, 0.1) is 17.1 Å². The summed E-state index contributed by atoms with van der Waals surface area (Å²) in [5, 5.41) is 0.780. The van der Waals surface area contributed by atoms with Gasteiger partial charge in [-0.15, -0.1) is 0 Å². The summed E-state index contributed by atoms with van der Waals surface area (Å²) in [6.45, 7) is 2.03. The maximum atomic E-state index is 13.2. The van der Waals surface area contributed by atoms with Crippen LogP contribution < -0.4 is 5.56 Å². The topological polar surface area (TPSA) is 55.2 Å². The van der Waals surface area contributed by atoms with Crippen molar-refractivity contribution >= 4 is 16.8 Å². The van der Waals surface area contributed by atoms with Gasteiger partial charge in [0.2, 0.25) is 0 Å². The molecular weight excluding hydrogens is 314 g/mol. The molecule has 0 N–H and O–H groups in total. The van der Waals surface area contributed by atoms with E-state index in [0.717, 1.165) is 22.9 Å². The number of fused-ring (bicyclic) bond motifs is 1. The van der Waals surface area contributed by atoms with Crippen molar-refractivity contribution in [1.29, 1.82) is 0 Å². The highest BCUT2D eigenvalue weighted by molar-refractivity contribution is 6.06. The lowest BCUT2D eigenvalue weighted by Crippen LogP contribution is -2.32. The summed E-state index contributed by atoms with van der Waals surface area (Å²) in [6, 6.07) is 12.6. The van der Waals surface area contributed by atoms with E-state index in [2.05, 4.69) is 4.98 Å². The van der Waals surface area contributed by atoms with Crippen molar-refractivity contribution in [3.8, 4) is 0 Å². The number of aromatic nitrogens is 2. The number of pyridine rings is 2. The van der Waals surface area contributed by atoms with Crippen LogP contribution in [0.3, 0.4) is 0 Å². The van der Waals surface area contributed by atoms with Gasteiger partial charge < -0.3 is 9.47 Å². The van der Waals surface area contributed by atoms with E-state index in [-0.39, 0.29) is 17.5 Å². The lowest BCUT2D eigenvalue weighted by Gasteiger charge is -2.28. The molecule has 0 aliphatic rings. The predicted molar refractivity (Wildman–Crippen MR) is 98.6 cm³/mol. The third-order valence-corrected chi connectivity index (χ3v) is 4.63. The molecule has 0 bridgehead atoms. The molecule has 0 aliphatic heterocycles. The first-order valence-corrected chi connectivity index (χ1v) is 8.30. The van der Waals surface area contributed by atoms with Gasteiger partial charge >= 0.3 is 0 Å². The lowest BCUT2D eigenvalue weighted by atomic mass is 10.0. The quantitative estimate of drug-likeness (QED) is 0.736. The molecule has 0 spiro atoms. The summed E-state index contributed by atoms with van der Waals surface area (Å²) in [5.74, 6) is -0.162. The molecule has 5 heteroatoms. The zero-order valence-electron chi connectivity index (χ0n) is 14.6. The zero-order valence-corrected chi connectivity index (χ0v) is 14.6. The minimum Gasteiger partial charge on any atom is -0.335 e. The van der Waals surface area contributed by atoms with E-state index >= 15 is 0 Å². The number of nitrogens with zero attached hydrogens (tertiary/aromatic N) is 3. The fourth-order valence-corrected chi connectivity index (χ4v) is 3.23. The molecule has 5 nitrogen and oxygen atoms in total. The van der Waals surface area contributed by atoms with E-state index in [1.54, 1.807) is 36.0 Å². The third-order valence-electron chi connectivity index (χ3n) is 4.63. The first-order chi connectivity index (χ1) is 12.0. The van der Waals surface area contributed by atoms with Crippen molar-refractivity contribution in [1.82, 2.24) is 14.5 Å². The Balaban J connectivity index is 2.08. The van der Waals surface area contributed by atoms with E-state index in [1.165, 1.54) is 6.07 Å². The Morgan fingerprint density at radius 3 is 2.68 bits per heavy atom. The molecule has 0 aliphatic carbocycles. The van der Waals surface area contributed by atoms with Crippen molar-refractivity contribution in [3.05, 3.63) is 76.3 Å². The Hall–Kier alpha value is -2.95. The van der Waals surface area contributed by atoms with Crippen molar-refractivity contribution in [2.24, 2.45) is 7.05 Å². The molecule has 0 fully saturated rings. The van der Waals surface area contributed by atoms with Crippen LogP contribution in [0.1, 0.15) is 35.3 Å². The van der Waals surface area contributed by atoms with Gasteiger partial charge in [0.25, 0.3) is 11.5 Å². The van der Waals surface area contributed by atoms with E-state index < -0.39 is 0 Å². The zero-order chi connectivity index (χ0) is 18.0. The molecule has 0 unspecified atom stereocenters. The van der Waals surface area contributed by atoms with Gasteiger partial charge in [-0.05, 0) is 24.1 Å². The van der Waals surface area contributed by atoms with Crippen LogP contribution in [0.25, 0.3) is 10.9 Å². The summed E-state index contributed by atoms with van der Waals surface area (Å²) >= 11 is 0. The Morgan fingerprint density at radius 1 is 1.24 bits per heavy atom. The smallest absolute Gasteiger partial charge is 0.254 e. The maximum absolute atomic E-state index is 13.2. The number of para-hydroxylation sites is 1. The first-order valence-electron chi connectivity index (χ1n) is 8.30. The molecule has 0 saturated heterocycles. The van der Waals surface area contributed by atoms with Gasteiger partial charge in [0.1, 0.15) is 0 Å². The molecule has 2 aromatic heterocycles. The second-order valence-electron chi connectivity index (χ2n) is 6.10. The van der Waals surface area contributed by atoms with Crippen molar-refractivity contribution in [2.75, 3.05) is 7.05 Å². The van der Waals surface area contributed by atoms with E-state index in [0.29, 0.717) is 5.56 Å². The number of benzene rings is 1. The van der Waals surface area contributed by atoms with Crippen LogP contribution in [0.2, 0.25) is 0 Å². The Morgan fingerprint density at radius 2 is 2.00 bits per heavy atom. The first kappa shape index (κ1) is 16.9. The van der Waals surface area contributed by atoms with E-state index in [1.807, 2.05) is 43.3 Å². The van der Waals surface area contributed by atoms with Crippen molar-refractivity contribution in [3.63, 3.8) is 0 Å². The minimum atomic E-state index is -0.190. The number of aryl methyl sites for hydroxylation is 1. The molecule has 3 rings (SSSR count). The predicted octanol–water partition coefficient (Wildman–Crippen LogP) is 3.16. The highest BCUT2D eigenvalue weighted by Gasteiger charge is 2.23. The summed E-state index contributed by atoms with van der Waals surface area (Å²) in [4.78, 5) is 31.3. The Kier molecular flexibility index (Phi) is 4.65. The van der Waals surface area contributed by atoms with Crippen molar-refractivity contribution in [2.45, 2.75) is 19.4 Å². The van der Waals surface area contributed by atoms with Gasteiger partial charge in [-0.1, -0.05) is 31.2 Å². The number of rotatable bonds is 4. The Labute approximate surface area is 146 Å². The van der Waals surface area contributed by atoms with Crippen molar-refractivity contribution < 1.29 is 4.79 Å². The summed E-state index contributed by atoms with van der Waals surface area (Å²) in [5.41, 5.74) is 1.98. The second kappa shape index (κ2) is 6.89. The van der Waals surface area contributed by atoms with Crippen LogP contribution in [0.4, 0.5) is 0 Å². The van der Waals surface area contributed by atoms with Gasteiger partial charge in [-0.2, -0.15) is 0 Å². The minimum absolute atomic E-state index is 0.0935. The normalized spacial score (nSPS) is 12.1. The van der Waals surface area contributed by atoms with Crippen LogP contribution in [-0.4, -0.2) is 27.4 Å². The monoisotopic (exact) mass is 335 g/mol. The summed E-state index contributed by atoms with van der Waals surface area (Å²) in [6.07, 6.45) is 4.25. The molecule has 2 heterocycles. The van der Waals surface area contributed by atoms with Gasteiger partial charge in [0, 0.05) is 37.9 Å². The van der Waals surface area contributed by atoms with E-state index in [9.17, 15) is 9.59 Å². The molecule has 1 amide bonds. The summed E-state index contributed by atoms with van der Waals surface area (Å²) in [7, 11) is 3.49. The van der Waals surface area contributed by atoms with Gasteiger partial charge in [0.15, 0.2) is 0 Å². The lowest BCUT2D eigenvalue weighted by molar-refractivity contribution is 0.0727. The third kappa shape index (κ3) is 3.05. The number of carbonyl (C=O) groups is 1. The molecule has 3 aromatic rings. The average molecular weight is 335 g/mol. The van der Waals surface area contributed by atoms with E-state index in [4.69, 9.17) is 0 Å². The molecule has 1 atom stereocenters. The average Bonchev–Trinajstić information content (AvgIpc) is 2.65. The fraction of sp³-hybridized carbons (Fsp3) is 0.250. The standard InChI is InChI=1S/C20H21N3O2/c1-4-17(14-8-7-11-21-13-14)23(3)20(25)16-12-19(24)22(2)18-10-6-5-9-15(16)18/h5-13,17H,4H2,1-3H3/t17-/m1/s1. The van der Waals surface area contributed by atoms with Crippen LogP contribution in [0.5, 0.6) is 0 Å². The molecule has 0 radical (unpaired) electrons. The molecule has 0 saturated carbocycles. The Bertz CT molecular complexity index is 964. The molecular formula is C20H21N3O2. The number of carbonyl (C=O) groups excluding carboxylic acids is 1.